The van der Waals surface area contributed by atoms with Crippen LogP contribution in [0.2, 0.25) is 0 Å². The summed E-state index contributed by atoms with van der Waals surface area (Å²) in [4.78, 5) is 23.8. The maximum atomic E-state index is 12.3. The molecular weight excluding hydrogens is 342 g/mol. The first kappa shape index (κ1) is 18.5. The summed E-state index contributed by atoms with van der Waals surface area (Å²) in [6.45, 7) is 3.25. The molecule has 27 heavy (non-hydrogen) atoms. The Bertz CT molecular complexity index is 944. The van der Waals surface area contributed by atoms with Gasteiger partial charge in [-0.05, 0) is 44.2 Å². The predicted molar refractivity (Wildman–Crippen MR) is 103 cm³/mol. The van der Waals surface area contributed by atoms with Crippen LogP contribution >= 0.6 is 0 Å². The lowest BCUT2D eigenvalue weighted by Gasteiger charge is -2.12. The van der Waals surface area contributed by atoms with Crippen LogP contribution in [0.1, 0.15) is 35.2 Å². The van der Waals surface area contributed by atoms with Crippen molar-refractivity contribution in [2.24, 2.45) is 0 Å². The molecule has 0 unspecified atom stereocenters. The smallest absolute Gasteiger partial charge is 0.224 e. The van der Waals surface area contributed by atoms with Crippen LogP contribution in [0.3, 0.4) is 0 Å². The van der Waals surface area contributed by atoms with E-state index in [2.05, 4.69) is 5.32 Å². The minimum atomic E-state index is -0.155. The average molecular weight is 363 g/mol. The van der Waals surface area contributed by atoms with Gasteiger partial charge in [0.1, 0.15) is 17.3 Å². The van der Waals surface area contributed by atoms with Crippen LogP contribution in [0, 0.1) is 6.92 Å². The third kappa shape index (κ3) is 4.85. The topological polar surface area (TPSA) is 68.5 Å². The second kappa shape index (κ2) is 8.36. The van der Waals surface area contributed by atoms with E-state index in [1.807, 2.05) is 42.5 Å². The third-order valence-corrected chi connectivity index (χ3v) is 4.08. The molecule has 0 radical (unpaired) electrons. The summed E-state index contributed by atoms with van der Waals surface area (Å²) in [6.07, 6.45) is 0.658. The van der Waals surface area contributed by atoms with Crippen LogP contribution in [-0.4, -0.2) is 11.7 Å². The number of hydrogen-bond donors (Lipinski definition) is 1. The Morgan fingerprint density at radius 2 is 1.74 bits per heavy atom. The molecule has 3 rings (SSSR count). The number of rotatable bonds is 7. The lowest BCUT2D eigenvalue weighted by Crippen LogP contribution is -2.12. The van der Waals surface area contributed by atoms with Gasteiger partial charge in [-0.25, -0.2) is 0 Å². The molecule has 3 aromatic rings. The van der Waals surface area contributed by atoms with Gasteiger partial charge in [0.25, 0.3) is 0 Å². The monoisotopic (exact) mass is 363 g/mol. The standard InChI is InChI=1S/C22H21NO4/c1-15(24)19-14-18(26-16(19)2)12-13-22(25)23-20-10-6-7-11-21(20)27-17-8-4-3-5-9-17/h3-11,14H,12-13H2,1-2H3,(H,23,25). The van der Waals surface area contributed by atoms with Crippen molar-refractivity contribution in [3.63, 3.8) is 0 Å². The molecule has 5 heteroatoms. The molecule has 5 nitrogen and oxygen atoms in total. The number of ether oxygens (including phenoxy) is 1. The summed E-state index contributed by atoms with van der Waals surface area (Å²) in [5, 5.41) is 2.87. The van der Waals surface area contributed by atoms with Crippen molar-refractivity contribution in [2.75, 3.05) is 5.32 Å². The molecule has 0 aliphatic rings. The SMILES string of the molecule is CC(=O)c1cc(CCC(=O)Nc2ccccc2Oc2ccccc2)oc1C. The average Bonchev–Trinajstić information content (AvgIpc) is 3.04. The number of nitrogens with one attached hydrogen (secondary N) is 1. The Morgan fingerprint density at radius 3 is 2.44 bits per heavy atom. The van der Waals surface area contributed by atoms with Gasteiger partial charge in [0.15, 0.2) is 11.5 Å². The van der Waals surface area contributed by atoms with Gasteiger partial charge in [-0.15, -0.1) is 0 Å². The van der Waals surface area contributed by atoms with E-state index in [9.17, 15) is 9.59 Å². The number of benzene rings is 2. The molecule has 1 amide bonds. The van der Waals surface area contributed by atoms with Crippen molar-refractivity contribution in [2.45, 2.75) is 26.7 Å². The predicted octanol–water partition coefficient (Wildman–Crippen LogP) is 5.15. The molecule has 0 aliphatic heterocycles. The van der Waals surface area contributed by atoms with Crippen LogP contribution in [0.4, 0.5) is 5.69 Å². The van der Waals surface area contributed by atoms with E-state index < -0.39 is 0 Å². The molecule has 1 heterocycles. The molecule has 1 N–H and O–H groups in total. The zero-order chi connectivity index (χ0) is 19.2. The summed E-state index contributed by atoms with van der Waals surface area (Å²) in [5.41, 5.74) is 1.17. The Morgan fingerprint density at radius 1 is 1.04 bits per heavy atom. The highest BCUT2D eigenvalue weighted by molar-refractivity contribution is 5.95. The van der Waals surface area contributed by atoms with Crippen molar-refractivity contribution in [1.29, 1.82) is 0 Å². The first-order valence-corrected chi connectivity index (χ1v) is 8.75. The Balaban J connectivity index is 1.63. The first-order valence-electron chi connectivity index (χ1n) is 8.75. The lowest BCUT2D eigenvalue weighted by molar-refractivity contribution is -0.116. The minimum absolute atomic E-state index is 0.0426. The highest BCUT2D eigenvalue weighted by atomic mass is 16.5. The number of furan rings is 1. The van der Waals surface area contributed by atoms with E-state index >= 15 is 0 Å². The second-order valence-electron chi connectivity index (χ2n) is 6.20. The van der Waals surface area contributed by atoms with Crippen LogP contribution in [0.15, 0.2) is 65.1 Å². The van der Waals surface area contributed by atoms with Crippen molar-refractivity contribution in [3.8, 4) is 11.5 Å². The first-order chi connectivity index (χ1) is 13.0. The molecule has 138 valence electrons. The van der Waals surface area contributed by atoms with E-state index in [1.165, 1.54) is 6.92 Å². The number of anilines is 1. The van der Waals surface area contributed by atoms with Gasteiger partial charge < -0.3 is 14.5 Å². The Kier molecular flexibility index (Phi) is 5.71. The van der Waals surface area contributed by atoms with Crippen molar-refractivity contribution in [1.82, 2.24) is 0 Å². The maximum absolute atomic E-state index is 12.3. The van der Waals surface area contributed by atoms with Crippen LogP contribution < -0.4 is 10.1 Å². The number of hydrogen-bond acceptors (Lipinski definition) is 4. The number of carbonyl (C=O) groups is 2. The zero-order valence-electron chi connectivity index (χ0n) is 15.3. The number of aryl methyl sites for hydroxylation is 2. The summed E-state index contributed by atoms with van der Waals surface area (Å²) < 4.78 is 11.4. The van der Waals surface area contributed by atoms with Crippen LogP contribution in [-0.2, 0) is 11.2 Å². The highest BCUT2D eigenvalue weighted by Crippen LogP contribution is 2.29. The number of ketones is 1. The van der Waals surface area contributed by atoms with Gasteiger partial charge in [0.05, 0.1) is 11.3 Å². The number of carbonyl (C=O) groups excluding carboxylic acids is 2. The largest absolute Gasteiger partial charge is 0.466 e. The normalized spacial score (nSPS) is 10.4. The van der Waals surface area contributed by atoms with Crippen molar-refractivity contribution >= 4 is 17.4 Å². The maximum Gasteiger partial charge on any atom is 0.224 e. The molecule has 2 aromatic carbocycles. The summed E-state index contributed by atoms with van der Waals surface area (Å²) >= 11 is 0. The minimum Gasteiger partial charge on any atom is -0.466 e. The number of Topliss-reactive ketones (excluding diaryl/α,β-unsaturated/α-hetero) is 1. The van der Waals surface area contributed by atoms with Crippen LogP contribution in [0.5, 0.6) is 11.5 Å². The second-order valence-corrected chi connectivity index (χ2v) is 6.20. The number of para-hydroxylation sites is 3. The molecule has 0 aliphatic carbocycles. The lowest BCUT2D eigenvalue weighted by atomic mass is 10.1. The number of amides is 1. The van der Waals surface area contributed by atoms with Crippen molar-refractivity contribution in [3.05, 3.63) is 77.7 Å². The highest BCUT2D eigenvalue weighted by Gasteiger charge is 2.13. The van der Waals surface area contributed by atoms with E-state index in [0.717, 1.165) is 0 Å². The van der Waals surface area contributed by atoms with Gasteiger partial charge in [0.2, 0.25) is 5.91 Å². The zero-order valence-corrected chi connectivity index (χ0v) is 15.3. The Hall–Kier alpha value is -3.34. The van der Waals surface area contributed by atoms with Gasteiger partial charge in [-0.1, -0.05) is 30.3 Å². The van der Waals surface area contributed by atoms with E-state index in [0.29, 0.717) is 40.7 Å². The molecule has 0 saturated heterocycles. The van der Waals surface area contributed by atoms with Crippen molar-refractivity contribution < 1.29 is 18.7 Å². The van der Waals surface area contributed by atoms with E-state index in [4.69, 9.17) is 9.15 Å². The van der Waals surface area contributed by atoms with E-state index in [1.54, 1.807) is 25.1 Å². The molecule has 0 saturated carbocycles. The molecule has 0 spiro atoms. The summed E-state index contributed by atoms with van der Waals surface area (Å²) in [5.74, 6) is 2.28. The fourth-order valence-electron chi connectivity index (χ4n) is 2.74. The van der Waals surface area contributed by atoms with E-state index in [-0.39, 0.29) is 18.1 Å². The molecule has 0 atom stereocenters. The third-order valence-electron chi connectivity index (χ3n) is 4.08. The fourth-order valence-corrected chi connectivity index (χ4v) is 2.74. The van der Waals surface area contributed by atoms with Gasteiger partial charge in [0, 0.05) is 12.8 Å². The quantitative estimate of drug-likeness (QED) is 0.589. The van der Waals surface area contributed by atoms with Gasteiger partial charge >= 0.3 is 0 Å². The Labute approximate surface area is 158 Å². The summed E-state index contributed by atoms with van der Waals surface area (Å²) in [7, 11) is 0. The molecule has 0 fully saturated rings. The van der Waals surface area contributed by atoms with Gasteiger partial charge in [-0.2, -0.15) is 0 Å². The molecule has 1 aromatic heterocycles. The fraction of sp³-hybridized carbons (Fsp3) is 0.182. The van der Waals surface area contributed by atoms with Crippen LogP contribution in [0.25, 0.3) is 0 Å². The molecular formula is C22H21NO4. The summed E-state index contributed by atoms with van der Waals surface area (Å²) in [6, 6.07) is 18.4. The van der Waals surface area contributed by atoms with Gasteiger partial charge in [-0.3, -0.25) is 9.59 Å². The molecule has 0 bridgehead atoms.